The molecule has 0 spiro atoms. The van der Waals surface area contributed by atoms with Gasteiger partial charge in [-0.3, -0.25) is 20.6 Å². The molecule has 3 aromatic heterocycles. The number of carbonyl (C=O) groups excluding carboxylic acids is 1. The Labute approximate surface area is 135 Å². The Hall–Kier alpha value is -3.27. The largest absolute Gasteiger partial charge is 0.393 e. The SMILES string of the molecule is Nc1c(NNC(=O)c2cccnc2)ncnc1Nc1nccs1. The molecule has 23 heavy (non-hydrogen) atoms. The average Bonchev–Trinajstić information content (AvgIpc) is 3.09. The molecule has 0 aromatic carbocycles. The van der Waals surface area contributed by atoms with Crippen LogP contribution in [0.3, 0.4) is 0 Å². The first-order valence-electron chi connectivity index (χ1n) is 6.47. The molecule has 0 aliphatic carbocycles. The van der Waals surface area contributed by atoms with Crippen molar-refractivity contribution in [3.63, 3.8) is 0 Å². The van der Waals surface area contributed by atoms with E-state index < -0.39 is 0 Å². The third-order valence-electron chi connectivity index (χ3n) is 2.76. The van der Waals surface area contributed by atoms with Crippen molar-refractivity contribution in [3.05, 3.63) is 48.0 Å². The molecule has 0 atom stereocenters. The number of anilines is 4. The number of nitrogens with one attached hydrogen (secondary N) is 3. The zero-order chi connectivity index (χ0) is 16.1. The van der Waals surface area contributed by atoms with Crippen molar-refractivity contribution in [3.8, 4) is 0 Å². The highest BCUT2D eigenvalue weighted by Gasteiger charge is 2.11. The average molecular weight is 328 g/mol. The van der Waals surface area contributed by atoms with Crippen LogP contribution in [-0.4, -0.2) is 25.8 Å². The van der Waals surface area contributed by atoms with Gasteiger partial charge in [-0.15, -0.1) is 11.3 Å². The molecule has 0 aliphatic heterocycles. The molecule has 0 fully saturated rings. The first-order chi connectivity index (χ1) is 11.2. The molecule has 5 N–H and O–H groups in total. The fourth-order valence-corrected chi connectivity index (χ4v) is 2.19. The Morgan fingerprint density at radius 3 is 2.78 bits per heavy atom. The van der Waals surface area contributed by atoms with Crippen LogP contribution in [0.25, 0.3) is 0 Å². The van der Waals surface area contributed by atoms with Crippen LogP contribution in [0.5, 0.6) is 0 Å². The van der Waals surface area contributed by atoms with Gasteiger partial charge in [0.15, 0.2) is 16.8 Å². The normalized spacial score (nSPS) is 10.1. The van der Waals surface area contributed by atoms with Crippen LogP contribution < -0.4 is 21.9 Å². The molecule has 0 saturated heterocycles. The van der Waals surface area contributed by atoms with E-state index in [2.05, 4.69) is 36.1 Å². The molecule has 10 heteroatoms. The number of hydrazine groups is 1. The van der Waals surface area contributed by atoms with E-state index >= 15 is 0 Å². The number of nitrogens with two attached hydrogens (primary N) is 1. The van der Waals surface area contributed by atoms with Crippen LogP contribution in [0.15, 0.2) is 42.4 Å². The van der Waals surface area contributed by atoms with E-state index in [1.54, 1.807) is 24.5 Å². The van der Waals surface area contributed by atoms with E-state index in [0.717, 1.165) is 0 Å². The number of hydrogen-bond donors (Lipinski definition) is 4. The van der Waals surface area contributed by atoms with Crippen molar-refractivity contribution in [1.82, 2.24) is 25.4 Å². The number of hydrogen-bond acceptors (Lipinski definition) is 9. The van der Waals surface area contributed by atoms with Crippen molar-refractivity contribution in [2.45, 2.75) is 0 Å². The molecule has 1 amide bonds. The highest BCUT2D eigenvalue weighted by molar-refractivity contribution is 7.13. The van der Waals surface area contributed by atoms with Gasteiger partial charge in [-0.25, -0.2) is 15.0 Å². The third kappa shape index (κ3) is 3.49. The topological polar surface area (TPSA) is 131 Å². The van der Waals surface area contributed by atoms with Gasteiger partial charge in [0.25, 0.3) is 5.91 Å². The van der Waals surface area contributed by atoms with E-state index in [1.807, 2.05) is 5.38 Å². The molecular weight excluding hydrogens is 316 g/mol. The minimum absolute atomic E-state index is 0.259. The maximum Gasteiger partial charge on any atom is 0.271 e. The van der Waals surface area contributed by atoms with Crippen LogP contribution in [0.4, 0.5) is 22.5 Å². The van der Waals surface area contributed by atoms with Crippen LogP contribution in [0, 0.1) is 0 Å². The standard InChI is InChI=1S/C13H12N8OS/c14-9-10(19-13-16-4-5-23-13)17-7-18-11(9)20-21-12(22)8-2-1-3-15-6-8/h1-7H,14H2,(H,21,22)(H2,16,17,18,19,20). The van der Waals surface area contributed by atoms with Crippen molar-refractivity contribution >= 4 is 39.7 Å². The van der Waals surface area contributed by atoms with Crippen molar-refractivity contribution in [1.29, 1.82) is 0 Å². The summed E-state index contributed by atoms with van der Waals surface area (Å²) in [6.45, 7) is 0. The summed E-state index contributed by atoms with van der Waals surface area (Å²) in [6, 6.07) is 3.31. The van der Waals surface area contributed by atoms with Crippen LogP contribution in [0.2, 0.25) is 0 Å². The third-order valence-corrected chi connectivity index (χ3v) is 3.45. The number of nitrogens with zero attached hydrogens (tertiary/aromatic N) is 4. The second-order valence-corrected chi connectivity index (χ2v) is 5.16. The summed E-state index contributed by atoms with van der Waals surface area (Å²) in [5.74, 6) is 0.315. The summed E-state index contributed by atoms with van der Waals surface area (Å²) in [5.41, 5.74) is 11.8. The summed E-state index contributed by atoms with van der Waals surface area (Å²) < 4.78 is 0. The zero-order valence-corrected chi connectivity index (χ0v) is 12.5. The summed E-state index contributed by atoms with van der Waals surface area (Å²) in [7, 11) is 0. The maximum absolute atomic E-state index is 11.9. The molecule has 0 unspecified atom stereocenters. The minimum atomic E-state index is -0.356. The number of rotatable bonds is 5. The monoisotopic (exact) mass is 328 g/mol. The van der Waals surface area contributed by atoms with Gasteiger partial charge < -0.3 is 11.1 Å². The highest BCUT2D eigenvalue weighted by Crippen LogP contribution is 2.25. The maximum atomic E-state index is 11.9. The van der Waals surface area contributed by atoms with E-state index in [-0.39, 0.29) is 17.4 Å². The molecule has 116 valence electrons. The number of nitrogen functional groups attached to an aromatic ring is 1. The van der Waals surface area contributed by atoms with Crippen molar-refractivity contribution in [2.24, 2.45) is 0 Å². The molecule has 0 aliphatic rings. The fourth-order valence-electron chi connectivity index (χ4n) is 1.67. The summed E-state index contributed by atoms with van der Waals surface area (Å²) in [4.78, 5) is 28.0. The van der Waals surface area contributed by atoms with E-state index in [0.29, 0.717) is 16.5 Å². The molecule has 0 saturated carbocycles. The van der Waals surface area contributed by atoms with Gasteiger partial charge in [0.1, 0.15) is 12.0 Å². The van der Waals surface area contributed by atoms with E-state index in [1.165, 1.54) is 23.9 Å². The molecule has 0 bridgehead atoms. The molecule has 9 nitrogen and oxygen atoms in total. The predicted molar refractivity (Wildman–Crippen MR) is 87.2 cm³/mol. The number of pyridine rings is 1. The lowest BCUT2D eigenvalue weighted by Gasteiger charge is -2.12. The Morgan fingerprint density at radius 1 is 1.17 bits per heavy atom. The molecule has 0 radical (unpaired) electrons. The highest BCUT2D eigenvalue weighted by atomic mass is 32.1. The minimum Gasteiger partial charge on any atom is -0.393 e. The van der Waals surface area contributed by atoms with Gasteiger partial charge in [0.05, 0.1) is 5.56 Å². The second kappa shape index (κ2) is 6.66. The quantitative estimate of drug-likeness (QED) is 0.517. The molecule has 3 rings (SSSR count). The van der Waals surface area contributed by atoms with E-state index in [9.17, 15) is 4.79 Å². The van der Waals surface area contributed by atoms with Crippen LogP contribution >= 0.6 is 11.3 Å². The zero-order valence-electron chi connectivity index (χ0n) is 11.7. The summed E-state index contributed by atoms with van der Waals surface area (Å²) in [5, 5.41) is 5.46. The number of carbonyl (C=O) groups is 1. The first kappa shape index (κ1) is 14.7. The Kier molecular flexibility index (Phi) is 4.25. The van der Waals surface area contributed by atoms with Crippen molar-refractivity contribution < 1.29 is 4.79 Å². The smallest absolute Gasteiger partial charge is 0.271 e. The Bertz CT molecular complexity index is 793. The number of aromatic nitrogens is 4. The van der Waals surface area contributed by atoms with Crippen LogP contribution in [-0.2, 0) is 0 Å². The lowest BCUT2D eigenvalue weighted by molar-refractivity contribution is 0.0962. The molecule has 3 heterocycles. The fraction of sp³-hybridized carbons (Fsp3) is 0. The van der Waals surface area contributed by atoms with Gasteiger partial charge in [-0.1, -0.05) is 0 Å². The van der Waals surface area contributed by atoms with Gasteiger partial charge in [0, 0.05) is 24.0 Å². The van der Waals surface area contributed by atoms with Crippen LogP contribution in [0.1, 0.15) is 10.4 Å². The number of thiazole rings is 1. The summed E-state index contributed by atoms with van der Waals surface area (Å²) in [6.07, 6.45) is 6.03. The number of amides is 1. The Morgan fingerprint density at radius 2 is 2.04 bits per heavy atom. The van der Waals surface area contributed by atoms with Crippen molar-refractivity contribution in [2.75, 3.05) is 16.5 Å². The van der Waals surface area contributed by atoms with Gasteiger partial charge in [-0.05, 0) is 12.1 Å². The lowest BCUT2D eigenvalue weighted by atomic mass is 10.3. The first-order valence-corrected chi connectivity index (χ1v) is 7.35. The molecular formula is C13H12N8OS. The Balaban J connectivity index is 1.70. The van der Waals surface area contributed by atoms with Gasteiger partial charge in [-0.2, -0.15) is 0 Å². The predicted octanol–water partition coefficient (Wildman–Crippen LogP) is 1.41. The molecule has 3 aromatic rings. The second-order valence-electron chi connectivity index (χ2n) is 4.27. The van der Waals surface area contributed by atoms with Gasteiger partial charge in [0.2, 0.25) is 0 Å². The lowest BCUT2D eigenvalue weighted by Crippen LogP contribution is -2.30. The summed E-state index contributed by atoms with van der Waals surface area (Å²) >= 11 is 1.41. The van der Waals surface area contributed by atoms with E-state index in [4.69, 9.17) is 5.73 Å². The van der Waals surface area contributed by atoms with Gasteiger partial charge >= 0.3 is 0 Å².